The molecule has 0 bridgehead atoms. The quantitative estimate of drug-likeness (QED) is 0.830. The predicted molar refractivity (Wildman–Crippen MR) is 81.0 cm³/mol. The molecule has 1 amide bonds. The molecule has 1 aromatic heterocycles. The Morgan fingerprint density at radius 2 is 2.05 bits per heavy atom. The summed E-state index contributed by atoms with van der Waals surface area (Å²) in [5.74, 6) is -0.407. The second-order valence-corrected chi connectivity index (χ2v) is 5.46. The lowest BCUT2D eigenvalue weighted by Crippen LogP contribution is -2.42. The fourth-order valence-electron chi connectivity index (χ4n) is 2.26. The van der Waals surface area contributed by atoms with Crippen molar-refractivity contribution in [1.29, 1.82) is 0 Å². The van der Waals surface area contributed by atoms with Gasteiger partial charge in [0.05, 0.1) is 7.11 Å². The maximum atomic E-state index is 12.3. The Labute approximate surface area is 123 Å². The molecule has 2 aromatic rings. The lowest BCUT2D eigenvalue weighted by molar-refractivity contribution is -0.143. The van der Waals surface area contributed by atoms with E-state index in [1.807, 2.05) is 32.2 Å². The van der Waals surface area contributed by atoms with Crippen LogP contribution in [0.1, 0.15) is 30.6 Å². The van der Waals surface area contributed by atoms with Gasteiger partial charge in [-0.25, -0.2) is 4.79 Å². The number of esters is 1. The summed E-state index contributed by atoms with van der Waals surface area (Å²) < 4.78 is 4.75. The highest BCUT2D eigenvalue weighted by Gasteiger charge is 2.23. The minimum Gasteiger partial charge on any atom is -0.467 e. The standard InChI is InChI=1S/C16H20N2O3/c1-10(2)8-14(16(20)21-3)18-15(19)12-4-5-13-11(9-12)6-7-17-13/h4-7,9-10,14,17H,8H2,1-3H3,(H,18,19)/t14-/m1/s1. The van der Waals surface area contributed by atoms with E-state index in [0.717, 1.165) is 10.9 Å². The molecule has 5 nitrogen and oxygen atoms in total. The van der Waals surface area contributed by atoms with Crippen molar-refractivity contribution in [2.45, 2.75) is 26.3 Å². The summed E-state index contributed by atoms with van der Waals surface area (Å²) >= 11 is 0. The van der Waals surface area contributed by atoms with Gasteiger partial charge >= 0.3 is 5.97 Å². The van der Waals surface area contributed by atoms with Crippen LogP contribution in [-0.4, -0.2) is 30.0 Å². The van der Waals surface area contributed by atoms with Gasteiger partial charge in [0.15, 0.2) is 0 Å². The first-order chi connectivity index (χ1) is 10.0. The monoisotopic (exact) mass is 288 g/mol. The Hall–Kier alpha value is -2.30. The number of hydrogen-bond donors (Lipinski definition) is 2. The molecule has 0 saturated carbocycles. The number of amides is 1. The molecule has 2 N–H and O–H groups in total. The molecule has 0 radical (unpaired) electrons. The number of rotatable bonds is 5. The summed E-state index contributed by atoms with van der Waals surface area (Å²) in [5, 5.41) is 3.71. The maximum absolute atomic E-state index is 12.3. The van der Waals surface area contributed by atoms with Crippen LogP contribution in [0.25, 0.3) is 10.9 Å². The van der Waals surface area contributed by atoms with Crippen LogP contribution < -0.4 is 5.32 Å². The topological polar surface area (TPSA) is 71.2 Å². The van der Waals surface area contributed by atoms with Gasteiger partial charge in [0, 0.05) is 22.7 Å². The minimum absolute atomic E-state index is 0.269. The highest BCUT2D eigenvalue weighted by molar-refractivity contribution is 5.99. The maximum Gasteiger partial charge on any atom is 0.328 e. The van der Waals surface area contributed by atoms with Gasteiger partial charge in [-0.1, -0.05) is 13.8 Å². The molecular formula is C16H20N2O3. The van der Waals surface area contributed by atoms with Crippen LogP contribution in [0.3, 0.4) is 0 Å². The van der Waals surface area contributed by atoms with Crippen LogP contribution in [0, 0.1) is 5.92 Å². The van der Waals surface area contributed by atoms with E-state index in [2.05, 4.69) is 10.3 Å². The molecule has 1 atom stereocenters. The van der Waals surface area contributed by atoms with Gasteiger partial charge in [-0.2, -0.15) is 0 Å². The van der Waals surface area contributed by atoms with E-state index in [1.165, 1.54) is 7.11 Å². The third-order valence-electron chi connectivity index (χ3n) is 3.31. The van der Waals surface area contributed by atoms with Crippen LogP contribution in [0.2, 0.25) is 0 Å². The average Bonchev–Trinajstić information content (AvgIpc) is 2.92. The van der Waals surface area contributed by atoms with E-state index in [9.17, 15) is 9.59 Å². The molecule has 21 heavy (non-hydrogen) atoms. The Kier molecular flexibility index (Phi) is 4.62. The molecule has 0 aliphatic heterocycles. The number of carbonyl (C=O) groups excluding carboxylic acids is 2. The first-order valence-electron chi connectivity index (χ1n) is 6.97. The molecule has 0 aliphatic carbocycles. The first-order valence-corrected chi connectivity index (χ1v) is 6.97. The molecule has 5 heteroatoms. The molecule has 112 valence electrons. The van der Waals surface area contributed by atoms with Crippen molar-refractivity contribution in [2.75, 3.05) is 7.11 Å². The number of ether oxygens (including phenoxy) is 1. The fraction of sp³-hybridized carbons (Fsp3) is 0.375. The van der Waals surface area contributed by atoms with Crippen molar-refractivity contribution in [3.05, 3.63) is 36.0 Å². The molecule has 0 unspecified atom stereocenters. The van der Waals surface area contributed by atoms with Gasteiger partial charge in [-0.3, -0.25) is 4.79 Å². The average molecular weight is 288 g/mol. The third-order valence-corrected chi connectivity index (χ3v) is 3.31. The van der Waals surface area contributed by atoms with Crippen molar-refractivity contribution < 1.29 is 14.3 Å². The minimum atomic E-state index is -0.621. The number of benzene rings is 1. The molecule has 1 aromatic carbocycles. The Balaban J connectivity index is 2.15. The lowest BCUT2D eigenvalue weighted by Gasteiger charge is -2.18. The van der Waals surface area contributed by atoms with E-state index < -0.39 is 12.0 Å². The van der Waals surface area contributed by atoms with Crippen molar-refractivity contribution in [3.63, 3.8) is 0 Å². The smallest absolute Gasteiger partial charge is 0.328 e. The van der Waals surface area contributed by atoms with E-state index in [1.54, 1.807) is 12.1 Å². The zero-order valence-corrected chi connectivity index (χ0v) is 12.5. The van der Waals surface area contributed by atoms with Crippen LogP contribution in [0.15, 0.2) is 30.5 Å². The number of carbonyl (C=O) groups is 2. The highest BCUT2D eigenvalue weighted by Crippen LogP contribution is 2.15. The van der Waals surface area contributed by atoms with Crippen LogP contribution in [0.4, 0.5) is 0 Å². The summed E-state index contributed by atoms with van der Waals surface area (Å²) in [6.45, 7) is 3.99. The number of H-pyrrole nitrogens is 1. The van der Waals surface area contributed by atoms with Gasteiger partial charge in [0.1, 0.15) is 6.04 Å². The number of methoxy groups -OCH3 is 1. The molecule has 2 rings (SSSR count). The van der Waals surface area contributed by atoms with Gasteiger partial charge in [-0.05, 0) is 36.6 Å². The summed E-state index contributed by atoms with van der Waals surface area (Å²) in [4.78, 5) is 27.1. The molecule has 0 aliphatic rings. The predicted octanol–water partition coefficient (Wildman–Crippen LogP) is 2.49. The molecule has 0 saturated heterocycles. The van der Waals surface area contributed by atoms with Crippen LogP contribution in [0.5, 0.6) is 0 Å². The van der Waals surface area contributed by atoms with E-state index in [4.69, 9.17) is 4.74 Å². The van der Waals surface area contributed by atoms with Crippen molar-refractivity contribution >= 4 is 22.8 Å². The normalized spacial score (nSPS) is 12.4. The Morgan fingerprint density at radius 1 is 1.29 bits per heavy atom. The van der Waals surface area contributed by atoms with E-state index in [0.29, 0.717) is 12.0 Å². The van der Waals surface area contributed by atoms with Crippen molar-refractivity contribution in [3.8, 4) is 0 Å². The number of fused-ring (bicyclic) bond motifs is 1. The Bertz CT molecular complexity index is 646. The summed E-state index contributed by atoms with van der Waals surface area (Å²) in [5.41, 5.74) is 1.50. The lowest BCUT2D eigenvalue weighted by atomic mass is 10.0. The van der Waals surface area contributed by atoms with Gasteiger partial charge in [0.25, 0.3) is 5.91 Å². The molecular weight excluding hydrogens is 268 g/mol. The summed E-state index contributed by atoms with van der Waals surface area (Å²) in [6, 6.07) is 6.66. The number of hydrogen-bond acceptors (Lipinski definition) is 3. The molecule has 0 fully saturated rings. The van der Waals surface area contributed by atoms with Crippen LogP contribution in [-0.2, 0) is 9.53 Å². The second-order valence-electron chi connectivity index (χ2n) is 5.46. The second kappa shape index (κ2) is 6.43. The Morgan fingerprint density at radius 3 is 2.71 bits per heavy atom. The van der Waals surface area contributed by atoms with Gasteiger partial charge < -0.3 is 15.0 Å². The summed E-state index contributed by atoms with van der Waals surface area (Å²) in [7, 11) is 1.33. The number of nitrogens with one attached hydrogen (secondary N) is 2. The van der Waals surface area contributed by atoms with Crippen molar-refractivity contribution in [1.82, 2.24) is 10.3 Å². The third kappa shape index (κ3) is 3.62. The zero-order valence-electron chi connectivity index (χ0n) is 12.5. The van der Waals surface area contributed by atoms with Crippen molar-refractivity contribution in [2.24, 2.45) is 5.92 Å². The number of aromatic nitrogens is 1. The largest absolute Gasteiger partial charge is 0.467 e. The molecule has 1 heterocycles. The van der Waals surface area contributed by atoms with Gasteiger partial charge in [0.2, 0.25) is 0 Å². The highest BCUT2D eigenvalue weighted by atomic mass is 16.5. The van der Waals surface area contributed by atoms with E-state index in [-0.39, 0.29) is 11.8 Å². The zero-order chi connectivity index (χ0) is 15.4. The number of aromatic amines is 1. The fourth-order valence-corrected chi connectivity index (χ4v) is 2.26. The summed E-state index contributed by atoms with van der Waals surface area (Å²) in [6.07, 6.45) is 2.37. The molecule has 0 spiro atoms. The first kappa shape index (κ1) is 15.1. The van der Waals surface area contributed by atoms with Gasteiger partial charge in [-0.15, -0.1) is 0 Å². The van der Waals surface area contributed by atoms with Crippen LogP contribution >= 0.6 is 0 Å². The van der Waals surface area contributed by atoms with E-state index >= 15 is 0 Å². The SMILES string of the molecule is COC(=O)[C@@H](CC(C)C)NC(=O)c1ccc2[nH]ccc2c1.